The first-order valence-corrected chi connectivity index (χ1v) is 15.1. The monoisotopic (exact) mass is 526 g/mol. The molecule has 220 valence electrons. The molecule has 0 aliphatic rings. The lowest BCUT2D eigenvalue weighted by Gasteiger charge is -2.20. The van der Waals surface area contributed by atoms with E-state index in [1.54, 1.807) is 0 Å². The molecule has 0 saturated heterocycles. The van der Waals surface area contributed by atoms with E-state index in [9.17, 15) is 0 Å². The fourth-order valence-corrected chi connectivity index (χ4v) is 3.94. The Hall–Kier alpha value is -1.28. The van der Waals surface area contributed by atoms with Crippen molar-refractivity contribution in [1.29, 1.82) is 0 Å². The highest BCUT2D eigenvalue weighted by molar-refractivity contribution is 4.94. The SMILES string of the molecule is C=C(CC)N(C)CCOCCNCCCCCCCCCCCCC/C(N)=C/NCCOCCOCC. The van der Waals surface area contributed by atoms with E-state index in [0.29, 0.717) is 19.8 Å². The predicted molar refractivity (Wildman–Crippen MR) is 159 cm³/mol. The summed E-state index contributed by atoms with van der Waals surface area (Å²) in [6.45, 7) is 16.2. The molecule has 0 aliphatic heterocycles. The highest BCUT2D eigenvalue weighted by Gasteiger charge is 1.99. The quantitative estimate of drug-likeness (QED) is 0.106. The molecule has 0 unspecified atom stereocenters. The number of rotatable bonds is 30. The van der Waals surface area contributed by atoms with Gasteiger partial charge in [0.25, 0.3) is 0 Å². The van der Waals surface area contributed by atoms with Crippen molar-refractivity contribution in [2.45, 2.75) is 97.3 Å². The van der Waals surface area contributed by atoms with Crippen LogP contribution in [0.1, 0.15) is 97.3 Å². The van der Waals surface area contributed by atoms with Crippen LogP contribution in [0.4, 0.5) is 0 Å². The number of ether oxygens (including phenoxy) is 3. The van der Waals surface area contributed by atoms with E-state index < -0.39 is 0 Å². The molecule has 37 heavy (non-hydrogen) atoms. The summed E-state index contributed by atoms with van der Waals surface area (Å²) in [7, 11) is 2.08. The summed E-state index contributed by atoms with van der Waals surface area (Å²) >= 11 is 0. The van der Waals surface area contributed by atoms with Crippen LogP contribution in [0.25, 0.3) is 0 Å². The number of hydrogen-bond donors (Lipinski definition) is 3. The van der Waals surface area contributed by atoms with Gasteiger partial charge in [-0.3, -0.25) is 0 Å². The molecule has 4 N–H and O–H groups in total. The predicted octanol–water partition coefficient (Wildman–Crippen LogP) is 5.57. The molecule has 0 heterocycles. The first kappa shape index (κ1) is 35.7. The zero-order valence-electron chi connectivity index (χ0n) is 24.8. The maximum atomic E-state index is 6.07. The fourth-order valence-electron chi connectivity index (χ4n) is 3.94. The molecule has 0 aromatic heterocycles. The molecule has 0 amide bonds. The Balaban J connectivity index is 3.22. The third-order valence-corrected chi connectivity index (χ3v) is 6.52. The van der Waals surface area contributed by atoms with Crippen molar-refractivity contribution in [2.75, 3.05) is 72.9 Å². The molecule has 0 aromatic rings. The van der Waals surface area contributed by atoms with Crippen molar-refractivity contribution < 1.29 is 14.2 Å². The van der Waals surface area contributed by atoms with Crippen LogP contribution in [0.2, 0.25) is 0 Å². The molecule has 7 heteroatoms. The Morgan fingerprint density at radius 3 is 1.95 bits per heavy atom. The van der Waals surface area contributed by atoms with E-state index in [-0.39, 0.29) is 0 Å². The lowest BCUT2D eigenvalue weighted by Crippen LogP contribution is -2.25. The van der Waals surface area contributed by atoms with E-state index in [1.807, 2.05) is 13.1 Å². The van der Waals surface area contributed by atoms with Gasteiger partial charge in [0, 0.05) is 50.9 Å². The molecular weight excluding hydrogens is 464 g/mol. The zero-order chi connectivity index (χ0) is 27.2. The van der Waals surface area contributed by atoms with Crippen LogP contribution >= 0.6 is 0 Å². The first-order valence-electron chi connectivity index (χ1n) is 15.1. The molecule has 0 aliphatic carbocycles. The second kappa shape index (κ2) is 29.3. The van der Waals surface area contributed by atoms with Gasteiger partial charge in [-0.2, -0.15) is 0 Å². The number of nitrogens with zero attached hydrogens (tertiary/aromatic N) is 1. The van der Waals surface area contributed by atoms with E-state index in [1.165, 1.54) is 76.3 Å². The average molecular weight is 527 g/mol. The largest absolute Gasteiger partial charge is 0.401 e. The van der Waals surface area contributed by atoms with Crippen molar-refractivity contribution in [1.82, 2.24) is 15.5 Å². The van der Waals surface area contributed by atoms with Crippen molar-refractivity contribution >= 4 is 0 Å². The Bertz CT molecular complexity index is 517. The summed E-state index contributed by atoms with van der Waals surface area (Å²) in [5.74, 6) is 0. The maximum absolute atomic E-state index is 6.07. The number of allylic oxidation sites excluding steroid dienone is 2. The molecule has 0 spiro atoms. The maximum Gasteiger partial charge on any atom is 0.0701 e. The Morgan fingerprint density at radius 1 is 0.730 bits per heavy atom. The van der Waals surface area contributed by atoms with Gasteiger partial charge in [0.2, 0.25) is 0 Å². The minimum Gasteiger partial charge on any atom is -0.401 e. The van der Waals surface area contributed by atoms with Gasteiger partial charge in [-0.15, -0.1) is 0 Å². The summed E-state index contributed by atoms with van der Waals surface area (Å²) < 4.78 is 16.4. The summed E-state index contributed by atoms with van der Waals surface area (Å²) in [4.78, 5) is 2.18. The average Bonchev–Trinajstić information content (AvgIpc) is 2.90. The number of nitrogens with one attached hydrogen (secondary N) is 2. The molecule has 0 rings (SSSR count). The third-order valence-electron chi connectivity index (χ3n) is 6.52. The molecular formula is C30H62N4O3. The lowest BCUT2D eigenvalue weighted by molar-refractivity contribution is 0.0547. The molecule has 0 bridgehead atoms. The Morgan fingerprint density at radius 2 is 1.30 bits per heavy atom. The highest BCUT2D eigenvalue weighted by atomic mass is 16.5. The topological polar surface area (TPSA) is 81.0 Å². The van der Waals surface area contributed by atoms with E-state index >= 15 is 0 Å². The second-order valence-corrected chi connectivity index (χ2v) is 9.83. The molecule has 0 aromatic carbocycles. The van der Waals surface area contributed by atoms with Gasteiger partial charge in [0.1, 0.15) is 0 Å². The van der Waals surface area contributed by atoms with Crippen molar-refractivity contribution in [2.24, 2.45) is 5.73 Å². The van der Waals surface area contributed by atoms with E-state index in [0.717, 1.165) is 64.5 Å². The van der Waals surface area contributed by atoms with Crippen LogP contribution in [-0.2, 0) is 14.2 Å². The van der Waals surface area contributed by atoms with Crippen LogP contribution in [0.3, 0.4) is 0 Å². The summed E-state index contributed by atoms with van der Waals surface area (Å²) in [5, 5.41) is 6.72. The zero-order valence-corrected chi connectivity index (χ0v) is 24.8. The standard InChI is InChI=1S/C30H62N4O3/c1-5-29(3)34(4)22-25-36-23-20-32-19-17-15-13-11-9-7-8-10-12-14-16-18-30(31)28-33-21-24-37-27-26-35-6-2/h28,32-33H,3,5-27,31H2,1-2,4H3/b30-28-. The Labute approximate surface area is 229 Å². The molecule has 0 fully saturated rings. The second-order valence-electron chi connectivity index (χ2n) is 9.83. The van der Waals surface area contributed by atoms with Crippen molar-refractivity contribution in [3.05, 3.63) is 24.2 Å². The summed E-state index contributed by atoms with van der Waals surface area (Å²) in [6.07, 6.45) is 18.6. The van der Waals surface area contributed by atoms with Crippen LogP contribution in [-0.4, -0.2) is 77.8 Å². The molecule has 0 atom stereocenters. The van der Waals surface area contributed by atoms with E-state index in [2.05, 4.69) is 36.1 Å². The van der Waals surface area contributed by atoms with Gasteiger partial charge >= 0.3 is 0 Å². The van der Waals surface area contributed by atoms with Gasteiger partial charge in [0.15, 0.2) is 0 Å². The minimum atomic E-state index is 0.652. The normalized spacial score (nSPS) is 11.7. The van der Waals surface area contributed by atoms with Crippen LogP contribution in [0.15, 0.2) is 24.2 Å². The number of nitrogens with two attached hydrogens (primary N) is 1. The van der Waals surface area contributed by atoms with Gasteiger partial charge in [0.05, 0.1) is 33.0 Å². The molecule has 0 radical (unpaired) electrons. The number of likely N-dealkylation sites (N-methyl/N-ethyl adjacent to an activating group) is 1. The Kier molecular flexibility index (Phi) is 28.3. The van der Waals surface area contributed by atoms with Crippen molar-refractivity contribution in [3.63, 3.8) is 0 Å². The summed E-state index contributed by atoms with van der Waals surface area (Å²) in [5.41, 5.74) is 8.18. The van der Waals surface area contributed by atoms with Gasteiger partial charge < -0.3 is 35.5 Å². The minimum absolute atomic E-state index is 0.652. The smallest absolute Gasteiger partial charge is 0.0701 e. The lowest BCUT2D eigenvalue weighted by atomic mass is 10.0. The van der Waals surface area contributed by atoms with Crippen molar-refractivity contribution in [3.8, 4) is 0 Å². The van der Waals surface area contributed by atoms with Crippen LogP contribution < -0.4 is 16.4 Å². The molecule has 7 nitrogen and oxygen atoms in total. The first-order chi connectivity index (χ1) is 18.1. The number of hydrogen-bond acceptors (Lipinski definition) is 7. The fraction of sp³-hybridized carbons (Fsp3) is 0.867. The third kappa shape index (κ3) is 27.6. The van der Waals surface area contributed by atoms with Gasteiger partial charge in [-0.05, 0) is 39.2 Å². The summed E-state index contributed by atoms with van der Waals surface area (Å²) in [6, 6.07) is 0. The van der Waals surface area contributed by atoms with Crippen LogP contribution in [0.5, 0.6) is 0 Å². The van der Waals surface area contributed by atoms with Crippen LogP contribution in [0, 0.1) is 0 Å². The molecule has 0 saturated carbocycles. The van der Waals surface area contributed by atoms with Gasteiger partial charge in [-0.1, -0.05) is 71.3 Å². The highest BCUT2D eigenvalue weighted by Crippen LogP contribution is 2.12. The van der Waals surface area contributed by atoms with E-state index in [4.69, 9.17) is 19.9 Å². The number of unbranched alkanes of at least 4 members (excludes halogenated alkanes) is 10. The van der Waals surface area contributed by atoms with Gasteiger partial charge in [-0.25, -0.2) is 0 Å².